The molecule has 3 nitrogen and oxygen atoms in total. The number of nitrogens with zero attached hydrogens (tertiary/aromatic N) is 1. The maximum absolute atomic E-state index is 11.1. The first-order chi connectivity index (χ1) is 9.65. The monoisotopic (exact) mass is 283 g/mol. The van der Waals surface area contributed by atoms with Crippen LogP contribution < -0.4 is 0 Å². The maximum atomic E-state index is 11.1. The molecule has 0 aliphatic rings. The molecule has 3 aromatic rings. The average molecular weight is 284 g/mol. The number of benzene rings is 2. The third kappa shape index (κ3) is 2.24. The highest BCUT2D eigenvalue weighted by Gasteiger charge is 2.08. The lowest BCUT2D eigenvalue weighted by Crippen LogP contribution is -1.95. The second-order valence-electron chi connectivity index (χ2n) is 4.44. The van der Waals surface area contributed by atoms with Crippen LogP contribution in [0.2, 0.25) is 5.02 Å². The van der Waals surface area contributed by atoms with E-state index in [1.165, 1.54) is 0 Å². The molecule has 0 aliphatic heterocycles. The van der Waals surface area contributed by atoms with E-state index >= 15 is 0 Å². The summed E-state index contributed by atoms with van der Waals surface area (Å²) in [6.45, 7) is 0. The van der Waals surface area contributed by atoms with Crippen molar-refractivity contribution in [1.82, 2.24) is 4.98 Å². The highest BCUT2D eigenvalue weighted by molar-refractivity contribution is 6.30. The van der Waals surface area contributed by atoms with Gasteiger partial charge in [-0.2, -0.15) is 0 Å². The predicted molar refractivity (Wildman–Crippen MR) is 79.1 cm³/mol. The van der Waals surface area contributed by atoms with E-state index in [0.29, 0.717) is 5.02 Å². The second kappa shape index (κ2) is 4.94. The molecule has 0 spiro atoms. The lowest BCUT2D eigenvalue weighted by atomic mass is 9.98. The summed E-state index contributed by atoms with van der Waals surface area (Å²) in [6, 6.07) is 12.7. The molecule has 0 bridgehead atoms. The van der Waals surface area contributed by atoms with Crippen molar-refractivity contribution in [3.8, 4) is 11.1 Å². The van der Waals surface area contributed by atoms with E-state index in [1.807, 2.05) is 24.3 Å². The Morgan fingerprint density at radius 3 is 2.70 bits per heavy atom. The Labute approximate surface area is 120 Å². The van der Waals surface area contributed by atoms with Gasteiger partial charge in [-0.15, -0.1) is 0 Å². The number of halogens is 1. The van der Waals surface area contributed by atoms with Crippen LogP contribution in [0.3, 0.4) is 0 Å². The summed E-state index contributed by atoms with van der Waals surface area (Å²) < 4.78 is 0. The van der Waals surface area contributed by atoms with Gasteiger partial charge in [-0.05, 0) is 34.5 Å². The lowest BCUT2D eigenvalue weighted by molar-refractivity contribution is 0.0697. The number of fused-ring (bicyclic) bond motifs is 1. The van der Waals surface area contributed by atoms with Crippen LogP contribution in [0.1, 0.15) is 10.4 Å². The van der Waals surface area contributed by atoms with Crippen LogP contribution in [0.25, 0.3) is 21.9 Å². The zero-order chi connectivity index (χ0) is 14.1. The van der Waals surface area contributed by atoms with Crippen molar-refractivity contribution in [3.05, 3.63) is 65.4 Å². The molecule has 98 valence electrons. The topological polar surface area (TPSA) is 50.2 Å². The van der Waals surface area contributed by atoms with Crippen LogP contribution in [-0.4, -0.2) is 16.1 Å². The Balaban J connectivity index is 2.29. The highest BCUT2D eigenvalue weighted by Crippen LogP contribution is 2.30. The van der Waals surface area contributed by atoms with E-state index in [-0.39, 0.29) is 5.56 Å². The molecule has 0 saturated carbocycles. The molecule has 0 radical (unpaired) electrons. The number of hydrogen-bond acceptors (Lipinski definition) is 2. The van der Waals surface area contributed by atoms with Gasteiger partial charge in [0.05, 0.1) is 10.6 Å². The van der Waals surface area contributed by atoms with Crippen molar-refractivity contribution in [2.75, 3.05) is 0 Å². The van der Waals surface area contributed by atoms with Gasteiger partial charge in [0.2, 0.25) is 0 Å². The molecular formula is C16H10ClNO2. The first kappa shape index (κ1) is 12.6. The van der Waals surface area contributed by atoms with Gasteiger partial charge in [-0.1, -0.05) is 35.9 Å². The van der Waals surface area contributed by atoms with Gasteiger partial charge in [0.25, 0.3) is 0 Å². The van der Waals surface area contributed by atoms with Crippen molar-refractivity contribution in [3.63, 3.8) is 0 Å². The summed E-state index contributed by atoms with van der Waals surface area (Å²) in [5.41, 5.74) is 2.05. The quantitative estimate of drug-likeness (QED) is 0.765. The molecule has 0 atom stereocenters. The fourth-order valence-electron chi connectivity index (χ4n) is 2.22. The third-order valence-corrected chi connectivity index (χ3v) is 3.35. The predicted octanol–water partition coefficient (Wildman–Crippen LogP) is 4.25. The van der Waals surface area contributed by atoms with Gasteiger partial charge >= 0.3 is 5.97 Å². The SMILES string of the molecule is O=C(O)c1ccc2cccc(-c3cncc(Cl)c3)c2c1. The summed E-state index contributed by atoms with van der Waals surface area (Å²) in [4.78, 5) is 15.2. The molecule has 0 aliphatic carbocycles. The van der Waals surface area contributed by atoms with Gasteiger partial charge < -0.3 is 5.11 Å². The molecular weight excluding hydrogens is 274 g/mol. The van der Waals surface area contributed by atoms with Gasteiger partial charge in [-0.25, -0.2) is 4.79 Å². The van der Waals surface area contributed by atoms with Crippen molar-refractivity contribution in [2.24, 2.45) is 0 Å². The molecule has 1 aromatic heterocycles. The van der Waals surface area contributed by atoms with Crippen LogP contribution >= 0.6 is 11.6 Å². The van der Waals surface area contributed by atoms with E-state index in [4.69, 9.17) is 16.7 Å². The Bertz CT molecular complexity index is 814. The molecule has 0 fully saturated rings. The van der Waals surface area contributed by atoms with Crippen molar-refractivity contribution in [2.45, 2.75) is 0 Å². The molecule has 4 heteroatoms. The number of carboxylic acid groups (broad SMARTS) is 1. The summed E-state index contributed by atoms with van der Waals surface area (Å²) in [7, 11) is 0. The number of carboxylic acids is 1. The van der Waals surface area contributed by atoms with Gasteiger partial charge in [0.15, 0.2) is 0 Å². The summed E-state index contributed by atoms with van der Waals surface area (Å²) in [5, 5.41) is 11.5. The zero-order valence-corrected chi connectivity index (χ0v) is 11.1. The van der Waals surface area contributed by atoms with Crippen LogP contribution in [0.5, 0.6) is 0 Å². The minimum atomic E-state index is -0.939. The number of rotatable bonds is 2. The van der Waals surface area contributed by atoms with E-state index in [0.717, 1.165) is 21.9 Å². The average Bonchev–Trinajstić information content (AvgIpc) is 2.46. The molecule has 1 heterocycles. The van der Waals surface area contributed by atoms with Crippen LogP contribution in [0, 0.1) is 0 Å². The van der Waals surface area contributed by atoms with Crippen LogP contribution in [0.15, 0.2) is 54.9 Å². The highest BCUT2D eigenvalue weighted by atomic mass is 35.5. The summed E-state index contributed by atoms with van der Waals surface area (Å²) in [6.07, 6.45) is 3.28. The van der Waals surface area contributed by atoms with Crippen molar-refractivity contribution < 1.29 is 9.90 Å². The number of aromatic carboxylic acids is 1. The Morgan fingerprint density at radius 2 is 1.95 bits per heavy atom. The van der Waals surface area contributed by atoms with Gasteiger partial charge in [-0.3, -0.25) is 4.98 Å². The Hall–Kier alpha value is -2.39. The molecule has 1 N–H and O–H groups in total. The van der Waals surface area contributed by atoms with Gasteiger partial charge in [0, 0.05) is 18.0 Å². The third-order valence-electron chi connectivity index (χ3n) is 3.14. The number of aromatic nitrogens is 1. The van der Waals surface area contributed by atoms with E-state index < -0.39 is 5.97 Å². The second-order valence-corrected chi connectivity index (χ2v) is 4.87. The summed E-state index contributed by atoms with van der Waals surface area (Å²) >= 11 is 5.97. The van der Waals surface area contributed by atoms with E-state index in [9.17, 15) is 4.79 Å². The zero-order valence-electron chi connectivity index (χ0n) is 10.4. The van der Waals surface area contributed by atoms with Crippen LogP contribution in [0.4, 0.5) is 0 Å². The fraction of sp³-hybridized carbons (Fsp3) is 0. The first-order valence-corrected chi connectivity index (χ1v) is 6.40. The van der Waals surface area contributed by atoms with Crippen LogP contribution in [-0.2, 0) is 0 Å². The van der Waals surface area contributed by atoms with Crippen molar-refractivity contribution >= 4 is 28.3 Å². The molecule has 3 rings (SSSR count). The minimum absolute atomic E-state index is 0.264. The Morgan fingerprint density at radius 1 is 1.10 bits per heavy atom. The molecule has 0 amide bonds. The molecule has 0 unspecified atom stereocenters. The lowest BCUT2D eigenvalue weighted by Gasteiger charge is -2.08. The number of pyridine rings is 1. The molecule has 2 aromatic carbocycles. The van der Waals surface area contributed by atoms with E-state index in [2.05, 4.69) is 4.98 Å². The fourth-order valence-corrected chi connectivity index (χ4v) is 2.39. The maximum Gasteiger partial charge on any atom is 0.335 e. The largest absolute Gasteiger partial charge is 0.478 e. The Kier molecular flexibility index (Phi) is 3.12. The van der Waals surface area contributed by atoms with Crippen molar-refractivity contribution in [1.29, 1.82) is 0 Å². The van der Waals surface area contributed by atoms with Gasteiger partial charge in [0.1, 0.15) is 0 Å². The normalized spacial score (nSPS) is 10.7. The molecule has 0 saturated heterocycles. The number of hydrogen-bond donors (Lipinski definition) is 1. The number of carbonyl (C=O) groups is 1. The van der Waals surface area contributed by atoms with E-state index in [1.54, 1.807) is 30.6 Å². The minimum Gasteiger partial charge on any atom is -0.478 e. The summed E-state index contributed by atoms with van der Waals surface area (Å²) in [5.74, 6) is -0.939. The molecule has 20 heavy (non-hydrogen) atoms. The smallest absolute Gasteiger partial charge is 0.335 e. The standard InChI is InChI=1S/C16H10ClNO2/c17-13-6-12(8-18-9-13)14-3-1-2-10-4-5-11(16(19)20)7-15(10)14/h1-9H,(H,19,20). The first-order valence-electron chi connectivity index (χ1n) is 6.02.